The van der Waals surface area contributed by atoms with Crippen LogP contribution < -0.4 is 0 Å². The Hall–Kier alpha value is -2.63. The summed E-state index contributed by atoms with van der Waals surface area (Å²) in [6.45, 7) is 0.546. The van der Waals surface area contributed by atoms with Crippen LogP contribution in [0.15, 0.2) is 60.6 Å². The largest absolute Gasteiger partial charge is 0.416 e. The van der Waals surface area contributed by atoms with Gasteiger partial charge in [0, 0.05) is 12.5 Å². The predicted molar refractivity (Wildman–Crippen MR) is 83.6 cm³/mol. The molecule has 1 atom stereocenters. The highest BCUT2D eigenvalue weighted by molar-refractivity contribution is 5.71. The van der Waals surface area contributed by atoms with Gasteiger partial charge in [-0.3, -0.25) is 4.79 Å². The Morgan fingerprint density at radius 1 is 1.25 bits per heavy atom. The maximum atomic E-state index is 12.6. The van der Waals surface area contributed by atoms with Crippen LogP contribution in [0.2, 0.25) is 0 Å². The molecule has 0 aliphatic heterocycles. The van der Waals surface area contributed by atoms with Crippen molar-refractivity contribution < 1.29 is 18.0 Å². The first-order valence-corrected chi connectivity index (χ1v) is 7.47. The second kappa shape index (κ2) is 6.47. The first-order chi connectivity index (χ1) is 11.5. The van der Waals surface area contributed by atoms with E-state index in [4.69, 9.17) is 0 Å². The molecule has 1 aliphatic rings. The van der Waals surface area contributed by atoms with Gasteiger partial charge in [0.15, 0.2) is 6.29 Å². The lowest BCUT2D eigenvalue weighted by molar-refractivity contribution is -0.137. The maximum Gasteiger partial charge on any atom is 0.416 e. The van der Waals surface area contributed by atoms with E-state index in [1.54, 1.807) is 10.9 Å². The lowest BCUT2D eigenvalue weighted by Crippen LogP contribution is -2.07. The second-order valence-electron chi connectivity index (χ2n) is 5.66. The highest BCUT2D eigenvalue weighted by Gasteiger charge is 2.30. The highest BCUT2D eigenvalue weighted by atomic mass is 19.4. The molecule has 0 radical (unpaired) electrons. The van der Waals surface area contributed by atoms with Crippen molar-refractivity contribution in [2.45, 2.75) is 25.1 Å². The van der Waals surface area contributed by atoms with Gasteiger partial charge >= 0.3 is 6.18 Å². The van der Waals surface area contributed by atoms with E-state index in [0.717, 1.165) is 29.6 Å². The number of hydrogen-bond acceptors (Lipinski definition) is 2. The fourth-order valence-corrected chi connectivity index (χ4v) is 2.71. The third-order valence-corrected chi connectivity index (χ3v) is 4.06. The number of halogens is 3. The average molecular weight is 332 g/mol. The summed E-state index contributed by atoms with van der Waals surface area (Å²) in [5.41, 5.74) is 1.77. The molecular weight excluding hydrogens is 317 g/mol. The van der Waals surface area contributed by atoms with Crippen LogP contribution in [0.1, 0.15) is 34.0 Å². The van der Waals surface area contributed by atoms with Crippen LogP contribution >= 0.6 is 0 Å². The van der Waals surface area contributed by atoms with Gasteiger partial charge in [-0.25, -0.2) is 4.98 Å². The van der Waals surface area contributed by atoms with Crippen LogP contribution in [0.5, 0.6) is 0 Å². The maximum absolute atomic E-state index is 12.6. The van der Waals surface area contributed by atoms with Gasteiger partial charge in [0.05, 0.1) is 18.1 Å². The molecule has 1 aromatic carbocycles. The number of carbonyl (C=O) groups is 1. The van der Waals surface area contributed by atoms with E-state index in [2.05, 4.69) is 4.98 Å². The molecule has 3 rings (SSSR count). The van der Waals surface area contributed by atoms with E-state index in [0.29, 0.717) is 18.7 Å². The lowest BCUT2D eigenvalue weighted by atomic mass is 9.89. The van der Waals surface area contributed by atoms with Crippen LogP contribution in [0.25, 0.3) is 0 Å². The molecule has 0 saturated carbocycles. The topological polar surface area (TPSA) is 34.9 Å². The molecule has 24 heavy (non-hydrogen) atoms. The van der Waals surface area contributed by atoms with Gasteiger partial charge in [0.25, 0.3) is 0 Å². The van der Waals surface area contributed by atoms with Gasteiger partial charge in [-0.05, 0) is 29.7 Å². The standard InChI is InChI=1S/C18H15F3N2O/c19-18(20,21)16-7-5-15(6-8-16)14-3-1-13(2-4-14)10-23-12-22-9-17(23)11-24/h1-3,5-9,11-12,14H,4,10H2. The number of alkyl halides is 3. The fraction of sp³-hybridized carbons (Fsp3) is 0.222. The number of rotatable bonds is 4. The minimum atomic E-state index is -4.31. The molecule has 1 aliphatic carbocycles. The number of benzene rings is 1. The quantitative estimate of drug-likeness (QED) is 0.779. The Labute approximate surface area is 137 Å². The number of aldehydes is 1. The summed E-state index contributed by atoms with van der Waals surface area (Å²) in [5.74, 6) is 0.0596. The van der Waals surface area contributed by atoms with E-state index in [1.165, 1.54) is 18.3 Å². The zero-order valence-corrected chi connectivity index (χ0v) is 12.7. The molecule has 0 bridgehead atoms. The molecule has 1 aromatic heterocycles. The Balaban J connectivity index is 1.67. The van der Waals surface area contributed by atoms with Gasteiger partial charge < -0.3 is 4.57 Å². The van der Waals surface area contributed by atoms with Crippen molar-refractivity contribution in [3.05, 3.63) is 77.4 Å². The number of nitrogens with zero attached hydrogens (tertiary/aromatic N) is 2. The zero-order valence-electron chi connectivity index (χ0n) is 12.7. The SMILES string of the molecule is O=Cc1cncn1CC1=CCC(c2ccc(C(F)(F)F)cc2)C=C1. The van der Waals surface area contributed by atoms with E-state index in [-0.39, 0.29) is 5.92 Å². The summed E-state index contributed by atoms with van der Waals surface area (Å²) in [6, 6.07) is 5.28. The molecule has 1 heterocycles. The summed E-state index contributed by atoms with van der Waals surface area (Å²) < 4.78 is 39.6. The van der Waals surface area contributed by atoms with Gasteiger partial charge in [-0.15, -0.1) is 0 Å². The van der Waals surface area contributed by atoms with E-state index >= 15 is 0 Å². The summed E-state index contributed by atoms with van der Waals surface area (Å²) in [4.78, 5) is 14.8. The Bertz CT molecular complexity index is 785. The van der Waals surface area contributed by atoms with Gasteiger partial charge in [-0.1, -0.05) is 30.4 Å². The molecule has 0 amide bonds. The first-order valence-electron chi connectivity index (χ1n) is 7.47. The Morgan fingerprint density at radius 3 is 2.58 bits per heavy atom. The lowest BCUT2D eigenvalue weighted by Gasteiger charge is -2.18. The van der Waals surface area contributed by atoms with Crippen molar-refractivity contribution in [1.82, 2.24) is 9.55 Å². The van der Waals surface area contributed by atoms with Crippen LogP contribution in [-0.2, 0) is 12.7 Å². The summed E-state index contributed by atoms with van der Waals surface area (Å²) in [5, 5.41) is 0. The van der Waals surface area contributed by atoms with Crippen LogP contribution in [0, 0.1) is 0 Å². The number of carbonyl (C=O) groups excluding carboxylic acids is 1. The third kappa shape index (κ3) is 3.48. The van der Waals surface area contributed by atoms with Crippen molar-refractivity contribution in [2.75, 3.05) is 0 Å². The predicted octanol–water partition coefficient (Wildman–Crippen LogP) is 4.38. The normalized spacial score (nSPS) is 17.6. The van der Waals surface area contributed by atoms with Crippen LogP contribution in [-0.4, -0.2) is 15.8 Å². The number of allylic oxidation sites excluding steroid dienone is 4. The summed E-state index contributed by atoms with van der Waals surface area (Å²) in [7, 11) is 0. The molecule has 0 fully saturated rings. The molecule has 0 saturated heterocycles. The van der Waals surface area contributed by atoms with Gasteiger partial charge in [0.2, 0.25) is 0 Å². The van der Waals surface area contributed by atoms with Gasteiger partial charge in [-0.2, -0.15) is 13.2 Å². The number of aromatic nitrogens is 2. The van der Waals surface area contributed by atoms with Crippen molar-refractivity contribution in [3.63, 3.8) is 0 Å². The number of imidazole rings is 1. The molecule has 0 N–H and O–H groups in total. The highest BCUT2D eigenvalue weighted by Crippen LogP contribution is 2.32. The molecular formula is C18H15F3N2O. The second-order valence-corrected chi connectivity index (χ2v) is 5.66. The molecule has 1 unspecified atom stereocenters. The monoisotopic (exact) mass is 332 g/mol. The van der Waals surface area contributed by atoms with Crippen LogP contribution in [0.4, 0.5) is 13.2 Å². The van der Waals surface area contributed by atoms with Crippen molar-refractivity contribution in [1.29, 1.82) is 0 Å². The number of hydrogen-bond donors (Lipinski definition) is 0. The van der Waals surface area contributed by atoms with Crippen molar-refractivity contribution in [2.24, 2.45) is 0 Å². The smallest absolute Gasteiger partial charge is 0.324 e. The van der Waals surface area contributed by atoms with Crippen molar-refractivity contribution in [3.8, 4) is 0 Å². The Kier molecular flexibility index (Phi) is 4.38. The molecule has 6 heteroatoms. The molecule has 0 spiro atoms. The van der Waals surface area contributed by atoms with E-state index in [1.807, 2.05) is 18.2 Å². The molecule has 124 valence electrons. The first kappa shape index (κ1) is 16.2. The minimum Gasteiger partial charge on any atom is -0.324 e. The van der Waals surface area contributed by atoms with E-state index in [9.17, 15) is 18.0 Å². The Morgan fingerprint density at radius 2 is 2.00 bits per heavy atom. The van der Waals surface area contributed by atoms with Crippen molar-refractivity contribution >= 4 is 6.29 Å². The average Bonchev–Trinajstić information content (AvgIpc) is 3.02. The summed E-state index contributed by atoms with van der Waals surface area (Å²) >= 11 is 0. The molecule has 2 aromatic rings. The molecule has 3 nitrogen and oxygen atoms in total. The van der Waals surface area contributed by atoms with E-state index < -0.39 is 11.7 Å². The zero-order chi connectivity index (χ0) is 17.2. The third-order valence-electron chi connectivity index (χ3n) is 4.06. The minimum absolute atomic E-state index is 0.0596. The fourth-order valence-electron chi connectivity index (χ4n) is 2.71. The van der Waals surface area contributed by atoms with Gasteiger partial charge in [0.1, 0.15) is 5.69 Å². The van der Waals surface area contributed by atoms with Crippen LogP contribution in [0.3, 0.4) is 0 Å². The summed E-state index contributed by atoms with van der Waals surface area (Å²) in [6.07, 6.45) is 6.22.